The van der Waals surface area contributed by atoms with Gasteiger partial charge in [0.2, 0.25) is 0 Å². The molecule has 0 aliphatic rings. The number of nitrogen functional groups attached to an aromatic ring is 1. The first-order valence-electron chi connectivity index (χ1n) is 15.3. The highest BCUT2D eigenvalue weighted by molar-refractivity contribution is 7.93. The van der Waals surface area contributed by atoms with Gasteiger partial charge in [0.05, 0.1) is 22.8 Å². The van der Waals surface area contributed by atoms with E-state index in [0.717, 1.165) is 36.8 Å². The molecule has 0 bridgehead atoms. The second-order valence-electron chi connectivity index (χ2n) is 11.5. The van der Waals surface area contributed by atoms with Gasteiger partial charge in [-0.25, -0.2) is 17.8 Å². The highest BCUT2D eigenvalue weighted by Crippen LogP contribution is 2.40. The Kier molecular flexibility index (Phi) is 10.4. The Balaban J connectivity index is 1.48. The summed E-state index contributed by atoms with van der Waals surface area (Å²) in [5.41, 5.74) is 9.80. The van der Waals surface area contributed by atoms with E-state index < -0.39 is 27.7 Å². The summed E-state index contributed by atoms with van der Waals surface area (Å²) in [4.78, 5) is 15.6. The molecule has 5 aromatic rings. The number of pyridine rings is 1. The number of nitrogens with two attached hydrogens (primary N) is 1. The van der Waals surface area contributed by atoms with Crippen LogP contribution < -0.4 is 15.2 Å². The van der Waals surface area contributed by atoms with Crippen molar-refractivity contribution >= 4 is 38.2 Å². The summed E-state index contributed by atoms with van der Waals surface area (Å²) >= 11 is 0. The number of benzene rings is 2. The van der Waals surface area contributed by atoms with Gasteiger partial charge in [-0.3, -0.25) is 14.1 Å². The van der Waals surface area contributed by atoms with Crippen LogP contribution in [0.2, 0.25) is 0 Å². The highest BCUT2D eigenvalue weighted by atomic mass is 32.2. The van der Waals surface area contributed by atoms with Gasteiger partial charge in [-0.2, -0.15) is 19.0 Å². The summed E-state index contributed by atoms with van der Waals surface area (Å²) < 4.78 is 75.8. The Labute approximate surface area is 276 Å². The number of anilines is 2. The lowest BCUT2D eigenvalue weighted by Gasteiger charge is -2.19. The Morgan fingerprint density at radius 2 is 1.77 bits per heavy atom. The number of hydrogen-bond donors (Lipinski definition) is 2. The van der Waals surface area contributed by atoms with Crippen LogP contribution in [0.25, 0.3) is 33.3 Å². The maximum atomic E-state index is 13.5. The zero-order chi connectivity index (χ0) is 34.6. The monoisotopic (exact) mass is 683 g/mol. The number of ketones is 1. The van der Waals surface area contributed by atoms with Crippen molar-refractivity contribution in [3.8, 4) is 28.1 Å². The summed E-state index contributed by atoms with van der Waals surface area (Å²) in [6.45, 7) is 3.97. The van der Waals surface area contributed by atoms with E-state index in [9.17, 15) is 26.4 Å². The second kappa shape index (κ2) is 14.5. The van der Waals surface area contributed by atoms with E-state index in [2.05, 4.69) is 10.1 Å². The minimum Gasteiger partial charge on any atom is -0.484 e. The molecule has 254 valence electrons. The van der Waals surface area contributed by atoms with Crippen molar-refractivity contribution < 1.29 is 31.1 Å². The predicted molar refractivity (Wildman–Crippen MR) is 177 cm³/mol. The molecule has 11 nitrogen and oxygen atoms in total. The number of aryl methyl sites for hydroxylation is 2. The predicted octanol–water partition coefficient (Wildman–Crippen LogP) is 6.86. The first-order chi connectivity index (χ1) is 22.8. The van der Waals surface area contributed by atoms with E-state index in [-0.39, 0.29) is 23.0 Å². The molecule has 3 aromatic heterocycles. The largest absolute Gasteiger partial charge is 0.484 e. The van der Waals surface area contributed by atoms with Crippen LogP contribution in [-0.2, 0) is 28.4 Å². The van der Waals surface area contributed by atoms with Crippen LogP contribution in [0, 0.1) is 5.82 Å². The Hall–Kier alpha value is -4.92. The molecule has 0 amide bonds. The number of alkyl halides is 2. The van der Waals surface area contributed by atoms with Gasteiger partial charge in [-0.05, 0) is 56.5 Å². The van der Waals surface area contributed by atoms with E-state index in [4.69, 9.17) is 15.6 Å². The summed E-state index contributed by atoms with van der Waals surface area (Å²) in [6.07, 6.45) is 8.94. The number of nitrogens with zero attached hydrogens (tertiary/aromatic N) is 5. The molecule has 2 aromatic carbocycles. The average Bonchev–Trinajstić information content (AvgIpc) is 3.65. The van der Waals surface area contributed by atoms with Gasteiger partial charge in [-0.15, -0.1) is 0 Å². The van der Waals surface area contributed by atoms with E-state index in [1.165, 1.54) is 42.5 Å². The van der Waals surface area contributed by atoms with Crippen molar-refractivity contribution in [3.63, 3.8) is 0 Å². The quantitative estimate of drug-likeness (QED) is 0.114. The molecule has 5 rings (SSSR count). The molecule has 0 fully saturated rings. The summed E-state index contributed by atoms with van der Waals surface area (Å²) in [7, 11) is -3.28. The standard InChI is InChI=1S/C33H36F3N7O4S/c1-20(44)8-6-4-5-7-15-43-19-24(17-39-43)26-18-38-32(37)29-30(40-42(3)31(26)29)23-11-14-27(41-48(45,46)33(35)36)28(16-23)47-21(2)22-9-12-25(34)13-10-22/h9-14,16-19,21,33,41H,4-8,15H2,1-3H3,(H2,37,38)/t21-/m0/s1. The highest BCUT2D eigenvalue weighted by Gasteiger charge is 2.27. The van der Waals surface area contributed by atoms with Gasteiger partial charge in [0.1, 0.15) is 35.0 Å². The van der Waals surface area contributed by atoms with Gasteiger partial charge >= 0.3 is 5.76 Å². The minimum absolute atomic E-state index is 0.0578. The number of sulfonamides is 1. The fraction of sp³-hybridized carbons (Fsp3) is 0.333. The summed E-state index contributed by atoms with van der Waals surface area (Å²) in [5.74, 6) is -3.79. The van der Waals surface area contributed by atoms with Crippen molar-refractivity contribution in [2.45, 2.75) is 64.4 Å². The Morgan fingerprint density at radius 1 is 1.04 bits per heavy atom. The summed E-state index contributed by atoms with van der Waals surface area (Å²) in [6, 6.07) is 9.81. The van der Waals surface area contributed by atoms with E-state index in [1.807, 2.05) is 15.6 Å². The molecular weight excluding hydrogens is 647 g/mol. The fourth-order valence-corrected chi connectivity index (χ4v) is 5.98. The number of carbonyl (C=O) groups is 1. The number of fused-ring (bicyclic) bond motifs is 1. The fourth-order valence-electron chi connectivity index (χ4n) is 5.42. The van der Waals surface area contributed by atoms with Crippen molar-refractivity contribution in [1.29, 1.82) is 0 Å². The van der Waals surface area contributed by atoms with Gasteiger partial charge in [-0.1, -0.05) is 31.0 Å². The van der Waals surface area contributed by atoms with Gasteiger partial charge in [0.25, 0.3) is 10.0 Å². The van der Waals surface area contributed by atoms with Crippen LogP contribution in [0.1, 0.15) is 57.6 Å². The number of aromatic nitrogens is 5. The van der Waals surface area contributed by atoms with Crippen LogP contribution in [0.15, 0.2) is 61.1 Å². The lowest BCUT2D eigenvalue weighted by Crippen LogP contribution is -2.21. The number of ether oxygens (including phenoxy) is 1. The van der Waals surface area contributed by atoms with Crippen molar-refractivity contribution in [2.75, 3.05) is 10.5 Å². The molecule has 0 saturated heterocycles. The molecule has 1 atom stereocenters. The molecule has 0 aliphatic carbocycles. The van der Waals surface area contributed by atoms with E-state index >= 15 is 0 Å². The third kappa shape index (κ3) is 7.78. The molecule has 3 heterocycles. The van der Waals surface area contributed by atoms with E-state index in [1.54, 1.807) is 38.0 Å². The molecular formula is C33H36F3N7O4S. The number of unbranched alkanes of at least 4 members (excludes halogenated alkanes) is 3. The van der Waals surface area contributed by atoms with Crippen LogP contribution in [0.3, 0.4) is 0 Å². The molecule has 0 spiro atoms. The minimum atomic E-state index is -5.03. The topological polar surface area (TPSA) is 147 Å². The lowest BCUT2D eigenvalue weighted by molar-refractivity contribution is -0.117. The zero-order valence-electron chi connectivity index (χ0n) is 26.7. The SMILES string of the molecule is CC(=O)CCCCCCn1cc(-c2cnc(N)c3c(-c4ccc(NS(=O)(=O)C(F)F)c(O[C@@H](C)c5ccc(F)cc5)c4)nn(C)c23)cn1. The number of Topliss-reactive ketones (excluding diaryl/α,β-unsaturated/α-hetero) is 1. The maximum absolute atomic E-state index is 13.5. The van der Waals surface area contributed by atoms with Crippen LogP contribution in [0.4, 0.5) is 24.7 Å². The number of carbonyl (C=O) groups excluding carboxylic acids is 1. The normalized spacial score (nSPS) is 12.5. The number of halogens is 3. The average molecular weight is 684 g/mol. The second-order valence-corrected chi connectivity index (χ2v) is 13.2. The molecule has 48 heavy (non-hydrogen) atoms. The number of nitrogens with one attached hydrogen (secondary N) is 1. The van der Waals surface area contributed by atoms with E-state index in [0.29, 0.717) is 40.7 Å². The number of hydrogen-bond acceptors (Lipinski definition) is 8. The lowest BCUT2D eigenvalue weighted by atomic mass is 10.0. The molecule has 3 N–H and O–H groups in total. The van der Waals surface area contributed by atoms with Crippen molar-refractivity contribution in [1.82, 2.24) is 24.5 Å². The molecule has 15 heteroatoms. The first-order valence-corrected chi connectivity index (χ1v) is 16.9. The maximum Gasteiger partial charge on any atom is 0.355 e. The number of rotatable bonds is 15. The van der Waals surface area contributed by atoms with Gasteiger partial charge in [0.15, 0.2) is 0 Å². The molecule has 0 saturated carbocycles. The van der Waals surface area contributed by atoms with Crippen molar-refractivity contribution in [3.05, 3.63) is 72.4 Å². The third-order valence-corrected chi connectivity index (χ3v) is 8.86. The Morgan fingerprint density at radius 3 is 2.48 bits per heavy atom. The van der Waals surface area contributed by atoms with Gasteiger partial charge < -0.3 is 15.3 Å². The molecule has 0 aliphatic heterocycles. The van der Waals surface area contributed by atoms with Crippen LogP contribution in [0.5, 0.6) is 5.75 Å². The smallest absolute Gasteiger partial charge is 0.355 e. The van der Waals surface area contributed by atoms with Crippen LogP contribution in [-0.4, -0.2) is 44.5 Å². The molecule has 0 unspecified atom stereocenters. The summed E-state index contributed by atoms with van der Waals surface area (Å²) in [5, 5.41) is 9.74. The van der Waals surface area contributed by atoms with Crippen molar-refractivity contribution in [2.24, 2.45) is 7.05 Å². The van der Waals surface area contributed by atoms with Gasteiger partial charge in [0, 0.05) is 49.1 Å². The Bertz CT molecular complexity index is 2030. The zero-order valence-corrected chi connectivity index (χ0v) is 27.5. The third-order valence-electron chi connectivity index (χ3n) is 7.89. The molecule has 0 radical (unpaired) electrons. The van der Waals surface area contributed by atoms with Crippen LogP contribution >= 0.6 is 0 Å². The first kappa shape index (κ1) is 34.4.